The molecule has 1 fully saturated rings. The monoisotopic (exact) mass is 476 g/mol. The van der Waals surface area contributed by atoms with E-state index in [1.165, 1.54) is 12.3 Å². The summed E-state index contributed by atoms with van der Waals surface area (Å²) in [6.45, 7) is 0.391. The predicted molar refractivity (Wildman–Crippen MR) is 125 cm³/mol. The Morgan fingerprint density at radius 2 is 1.69 bits per heavy atom. The molecule has 9 heteroatoms. The van der Waals surface area contributed by atoms with Gasteiger partial charge in [-0.1, -0.05) is 48.5 Å². The van der Waals surface area contributed by atoms with Gasteiger partial charge in [0.15, 0.2) is 0 Å². The number of rotatable bonds is 7. The number of amides is 2. The quantitative estimate of drug-likeness (QED) is 0.473. The number of ether oxygens (including phenoxy) is 2. The van der Waals surface area contributed by atoms with Gasteiger partial charge in [0.05, 0.1) is 30.6 Å². The number of fused-ring (bicyclic) bond motifs is 3. The van der Waals surface area contributed by atoms with Gasteiger partial charge in [0.2, 0.25) is 5.76 Å². The van der Waals surface area contributed by atoms with Crippen LogP contribution in [0.2, 0.25) is 0 Å². The molecule has 0 radical (unpaired) electrons. The lowest BCUT2D eigenvalue weighted by molar-refractivity contribution is -0.141. The van der Waals surface area contributed by atoms with Crippen molar-refractivity contribution >= 4 is 23.7 Å². The number of furan rings is 1. The van der Waals surface area contributed by atoms with Crippen LogP contribution in [0.15, 0.2) is 65.3 Å². The smallest absolute Gasteiger partial charge is 0.411 e. The van der Waals surface area contributed by atoms with E-state index in [-0.39, 0.29) is 37.1 Å². The summed E-state index contributed by atoms with van der Waals surface area (Å²) in [5.74, 6) is -2.20. The van der Waals surface area contributed by atoms with Crippen LogP contribution in [-0.4, -0.2) is 48.9 Å². The minimum absolute atomic E-state index is 0.0775. The van der Waals surface area contributed by atoms with Crippen LogP contribution >= 0.6 is 0 Å². The Kier molecular flexibility index (Phi) is 6.24. The first-order valence-electron chi connectivity index (χ1n) is 11.3. The molecule has 2 atom stereocenters. The summed E-state index contributed by atoms with van der Waals surface area (Å²) in [6, 6.07) is 17.5. The third-order valence-corrected chi connectivity index (χ3v) is 6.37. The highest BCUT2D eigenvalue weighted by Gasteiger charge is 2.32. The summed E-state index contributed by atoms with van der Waals surface area (Å²) in [4.78, 5) is 36.1. The molecule has 1 aromatic heterocycles. The molecule has 2 unspecified atom stereocenters. The molecule has 2 amide bonds. The lowest BCUT2D eigenvalue weighted by Crippen LogP contribution is -2.32. The van der Waals surface area contributed by atoms with E-state index in [1.54, 1.807) is 0 Å². The zero-order valence-electron chi connectivity index (χ0n) is 18.7. The van der Waals surface area contributed by atoms with Crippen LogP contribution in [0.25, 0.3) is 11.1 Å². The molecule has 0 saturated carbocycles. The highest BCUT2D eigenvalue weighted by atomic mass is 16.5. The van der Waals surface area contributed by atoms with Crippen LogP contribution in [0, 0.1) is 5.92 Å². The number of carbonyl (C=O) groups excluding carboxylic acids is 2. The molecule has 180 valence electrons. The molecule has 5 rings (SSSR count). The molecule has 2 aromatic carbocycles. The number of benzene rings is 2. The molecule has 3 aromatic rings. The highest BCUT2D eigenvalue weighted by Crippen LogP contribution is 2.44. The van der Waals surface area contributed by atoms with Crippen molar-refractivity contribution in [2.45, 2.75) is 18.4 Å². The first-order chi connectivity index (χ1) is 17.0. The molecule has 2 aliphatic rings. The van der Waals surface area contributed by atoms with E-state index in [0.29, 0.717) is 6.42 Å². The van der Waals surface area contributed by atoms with Gasteiger partial charge in [0, 0.05) is 18.5 Å². The van der Waals surface area contributed by atoms with Crippen LogP contribution in [0.5, 0.6) is 0 Å². The SMILES string of the molecule is O=C(Nc1ccoc1C(=O)NCC1CC(C(=O)O)CO1)OCC1c2ccccc2-c2ccccc21. The molecule has 2 heterocycles. The Bertz CT molecular complexity index is 1220. The fourth-order valence-corrected chi connectivity index (χ4v) is 4.63. The van der Waals surface area contributed by atoms with Crippen molar-refractivity contribution < 1.29 is 33.4 Å². The minimum atomic E-state index is -0.917. The van der Waals surface area contributed by atoms with Crippen LogP contribution in [-0.2, 0) is 14.3 Å². The molecule has 3 N–H and O–H groups in total. The molecule has 9 nitrogen and oxygen atoms in total. The number of aliphatic carboxylic acids is 1. The second-order valence-corrected chi connectivity index (χ2v) is 8.55. The Morgan fingerprint density at radius 3 is 2.34 bits per heavy atom. The lowest BCUT2D eigenvalue weighted by atomic mass is 9.98. The molecule has 0 spiro atoms. The van der Waals surface area contributed by atoms with Gasteiger partial charge in [-0.15, -0.1) is 0 Å². The van der Waals surface area contributed by atoms with Gasteiger partial charge >= 0.3 is 12.1 Å². The summed E-state index contributed by atoms with van der Waals surface area (Å²) in [5.41, 5.74) is 4.64. The summed E-state index contributed by atoms with van der Waals surface area (Å²) in [6.07, 6.45) is 0.512. The van der Waals surface area contributed by atoms with Crippen molar-refractivity contribution in [3.8, 4) is 11.1 Å². The van der Waals surface area contributed by atoms with Crippen molar-refractivity contribution in [1.82, 2.24) is 5.32 Å². The van der Waals surface area contributed by atoms with Gasteiger partial charge in [-0.25, -0.2) is 4.79 Å². The third-order valence-electron chi connectivity index (χ3n) is 6.37. The van der Waals surface area contributed by atoms with E-state index < -0.39 is 30.0 Å². The number of hydrogen-bond donors (Lipinski definition) is 3. The number of carboxylic acid groups (broad SMARTS) is 1. The summed E-state index contributed by atoms with van der Waals surface area (Å²) < 4.78 is 16.2. The van der Waals surface area contributed by atoms with Crippen molar-refractivity contribution in [3.63, 3.8) is 0 Å². The van der Waals surface area contributed by atoms with Gasteiger partial charge < -0.3 is 24.3 Å². The Labute approximate surface area is 201 Å². The number of carbonyl (C=O) groups is 3. The summed E-state index contributed by atoms with van der Waals surface area (Å²) in [5, 5.41) is 14.3. The minimum Gasteiger partial charge on any atom is -0.481 e. The van der Waals surface area contributed by atoms with Gasteiger partial charge in [0.1, 0.15) is 6.61 Å². The van der Waals surface area contributed by atoms with Crippen molar-refractivity contribution in [1.29, 1.82) is 0 Å². The Balaban J connectivity index is 1.17. The highest BCUT2D eigenvalue weighted by molar-refractivity contribution is 6.00. The number of nitrogens with one attached hydrogen (secondary N) is 2. The topological polar surface area (TPSA) is 127 Å². The molecular formula is C26H24N2O7. The van der Waals surface area contributed by atoms with Crippen molar-refractivity contribution in [3.05, 3.63) is 77.7 Å². The number of anilines is 1. The molecular weight excluding hydrogens is 452 g/mol. The first-order valence-corrected chi connectivity index (χ1v) is 11.3. The van der Waals surface area contributed by atoms with Crippen molar-refractivity contribution in [2.75, 3.05) is 25.1 Å². The van der Waals surface area contributed by atoms with Gasteiger partial charge in [-0.05, 0) is 28.7 Å². The maximum atomic E-state index is 12.6. The molecule has 35 heavy (non-hydrogen) atoms. The van der Waals surface area contributed by atoms with Crippen molar-refractivity contribution in [2.24, 2.45) is 5.92 Å². The second kappa shape index (κ2) is 9.63. The summed E-state index contributed by atoms with van der Waals surface area (Å²) in [7, 11) is 0. The molecule has 1 aliphatic heterocycles. The van der Waals surface area contributed by atoms with Crippen LogP contribution < -0.4 is 10.6 Å². The predicted octanol–water partition coefficient (Wildman–Crippen LogP) is 3.86. The maximum Gasteiger partial charge on any atom is 0.411 e. The van der Waals surface area contributed by atoms with Crippen LogP contribution in [0.3, 0.4) is 0 Å². The average Bonchev–Trinajstić information content (AvgIpc) is 3.59. The third kappa shape index (κ3) is 4.63. The Hall–Kier alpha value is -4.11. The molecule has 0 bridgehead atoms. The zero-order chi connectivity index (χ0) is 24.4. The van der Waals surface area contributed by atoms with E-state index in [1.807, 2.05) is 36.4 Å². The summed E-state index contributed by atoms with van der Waals surface area (Å²) >= 11 is 0. The largest absolute Gasteiger partial charge is 0.481 e. The maximum absolute atomic E-state index is 12.6. The fourth-order valence-electron chi connectivity index (χ4n) is 4.63. The van der Waals surface area contributed by atoms with E-state index >= 15 is 0 Å². The standard InChI is InChI=1S/C26H24N2O7/c29-24(27-12-16-11-15(13-34-16)25(30)31)23-22(9-10-33-23)28-26(32)35-14-21-19-7-3-1-5-17(19)18-6-2-4-8-20(18)21/h1-10,15-16,21H,11-14H2,(H,27,29)(H,28,32)(H,30,31). The lowest BCUT2D eigenvalue weighted by Gasteiger charge is -2.14. The normalized spacial score (nSPS) is 18.5. The van der Waals surface area contributed by atoms with Gasteiger partial charge in [0.25, 0.3) is 5.91 Å². The number of hydrogen-bond acceptors (Lipinski definition) is 6. The van der Waals surface area contributed by atoms with Crippen LogP contribution in [0.4, 0.5) is 10.5 Å². The zero-order valence-corrected chi connectivity index (χ0v) is 18.7. The van der Waals surface area contributed by atoms with E-state index in [4.69, 9.17) is 19.0 Å². The van der Waals surface area contributed by atoms with Gasteiger partial charge in [-0.3, -0.25) is 14.9 Å². The fraction of sp³-hybridized carbons (Fsp3) is 0.269. The molecule has 1 saturated heterocycles. The molecule has 1 aliphatic carbocycles. The van der Waals surface area contributed by atoms with E-state index in [2.05, 4.69) is 22.8 Å². The van der Waals surface area contributed by atoms with Gasteiger partial charge in [-0.2, -0.15) is 0 Å². The second-order valence-electron chi connectivity index (χ2n) is 8.55. The average molecular weight is 476 g/mol. The Morgan fingerprint density at radius 1 is 1.00 bits per heavy atom. The van der Waals surface area contributed by atoms with E-state index in [0.717, 1.165) is 22.3 Å². The first kappa shape index (κ1) is 22.7. The van der Waals surface area contributed by atoms with Crippen LogP contribution in [0.1, 0.15) is 34.0 Å². The number of carboxylic acids is 1. The van der Waals surface area contributed by atoms with E-state index in [9.17, 15) is 14.4 Å².